The molecule has 1 saturated heterocycles. The van der Waals surface area contributed by atoms with Crippen molar-refractivity contribution in [2.75, 3.05) is 5.73 Å². The Balaban J connectivity index is 1.86. The number of hydrogen-bond acceptors (Lipinski definition) is 5. The minimum Gasteiger partial charge on any atom is -0.390 e. The summed E-state index contributed by atoms with van der Waals surface area (Å²) in [6.07, 6.45) is 1.44. The van der Waals surface area contributed by atoms with Crippen molar-refractivity contribution in [3.05, 3.63) is 16.5 Å². The molecule has 0 aromatic carbocycles. The van der Waals surface area contributed by atoms with Gasteiger partial charge >= 0.3 is 0 Å². The first-order valence-electron chi connectivity index (χ1n) is 6.08. The van der Waals surface area contributed by atoms with E-state index in [-0.39, 0.29) is 17.7 Å². The van der Waals surface area contributed by atoms with E-state index in [1.54, 1.807) is 5.38 Å². The number of nitrogens with two attached hydrogens (primary N) is 1. The van der Waals surface area contributed by atoms with Crippen LogP contribution in [0.4, 0.5) is 5.00 Å². The van der Waals surface area contributed by atoms with E-state index in [0.717, 1.165) is 5.56 Å². The summed E-state index contributed by atoms with van der Waals surface area (Å²) in [5.74, 6) is -0.825. The second kappa shape index (κ2) is 4.34. The van der Waals surface area contributed by atoms with E-state index >= 15 is 0 Å². The first-order valence-corrected chi connectivity index (χ1v) is 6.96. The van der Waals surface area contributed by atoms with Gasteiger partial charge in [0.2, 0.25) is 11.8 Å². The van der Waals surface area contributed by atoms with Crippen LogP contribution in [0.15, 0.2) is 5.38 Å². The maximum atomic E-state index is 12.3. The predicted octanol–water partition coefficient (Wildman–Crippen LogP) is 0.481. The van der Waals surface area contributed by atoms with Crippen molar-refractivity contribution in [3.8, 4) is 0 Å². The Morgan fingerprint density at radius 1 is 1.37 bits per heavy atom. The largest absolute Gasteiger partial charge is 0.390 e. The second-order valence-corrected chi connectivity index (χ2v) is 5.66. The lowest BCUT2D eigenvalue weighted by Crippen LogP contribution is -2.47. The molecule has 0 spiro atoms. The van der Waals surface area contributed by atoms with Crippen molar-refractivity contribution in [1.29, 1.82) is 0 Å². The molecule has 3 rings (SSSR count). The molecule has 7 heteroatoms. The number of rotatable bonds is 1. The normalized spacial score (nSPS) is 23.3. The van der Waals surface area contributed by atoms with Crippen molar-refractivity contribution in [2.45, 2.75) is 31.8 Å². The summed E-state index contributed by atoms with van der Waals surface area (Å²) in [5.41, 5.74) is 7.21. The van der Waals surface area contributed by atoms with Gasteiger partial charge in [0.15, 0.2) is 0 Å². The molecule has 1 aromatic heterocycles. The molecule has 1 aromatic rings. The van der Waals surface area contributed by atoms with E-state index in [4.69, 9.17) is 5.73 Å². The minimum atomic E-state index is -0.573. The molecule has 1 fully saturated rings. The van der Waals surface area contributed by atoms with Gasteiger partial charge in [-0.3, -0.25) is 19.7 Å². The van der Waals surface area contributed by atoms with E-state index in [9.17, 15) is 14.4 Å². The third-order valence-electron chi connectivity index (χ3n) is 3.57. The highest BCUT2D eigenvalue weighted by molar-refractivity contribution is 7.14. The number of anilines is 1. The van der Waals surface area contributed by atoms with Gasteiger partial charge in [-0.15, -0.1) is 11.3 Å². The van der Waals surface area contributed by atoms with Crippen LogP contribution in [0.1, 0.15) is 35.2 Å². The number of fused-ring (bicyclic) bond motifs is 1. The SMILES string of the molecule is Nc1scc2c1CN([C@H]1CCCC(=O)NC1=O)C2=O. The quantitative estimate of drug-likeness (QED) is 0.731. The standard InChI is InChI=1S/C12H13N3O3S/c13-10-6-4-15(12(18)7(6)5-19-10)8-2-1-3-9(16)14-11(8)17/h5,8H,1-4,13H2,(H,14,16,17)/t8-/m0/s1. The number of nitrogen functional groups attached to an aromatic ring is 1. The van der Waals surface area contributed by atoms with Gasteiger partial charge in [0.1, 0.15) is 6.04 Å². The molecular formula is C12H13N3O3S. The zero-order valence-corrected chi connectivity index (χ0v) is 11.0. The van der Waals surface area contributed by atoms with Crippen molar-refractivity contribution < 1.29 is 14.4 Å². The summed E-state index contributed by atoms with van der Waals surface area (Å²) in [5, 5.41) is 4.67. The summed E-state index contributed by atoms with van der Waals surface area (Å²) < 4.78 is 0. The Bertz CT molecular complexity index is 581. The predicted molar refractivity (Wildman–Crippen MR) is 69.4 cm³/mol. The number of nitrogens with zero attached hydrogens (tertiary/aromatic N) is 1. The van der Waals surface area contributed by atoms with Crippen LogP contribution in [0.5, 0.6) is 0 Å². The van der Waals surface area contributed by atoms with Crippen LogP contribution in [-0.4, -0.2) is 28.7 Å². The summed E-state index contributed by atoms with van der Waals surface area (Å²) in [6.45, 7) is 0.357. The van der Waals surface area contributed by atoms with Gasteiger partial charge in [-0.25, -0.2) is 0 Å². The summed E-state index contributed by atoms with van der Waals surface area (Å²) in [7, 11) is 0. The lowest BCUT2D eigenvalue weighted by Gasteiger charge is -2.25. The molecule has 100 valence electrons. The van der Waals surface area contributed by atoms with Crippen molar-refractivity contribution in [2.24, 2.45) is 0 Å². The second-order valence-electron chi connectivity index (χ2n) is 4.75. The molecule has 3 heterocycles. The first-order chi connectivity index (χ1) is 9.08. The molecule has 6 nitrogen and oxygen atoms in total. The lowest BCUT2D eigenvalue weighted by molar-refractivity contribution is -0.132. The number of hydrogen-bond donors (Lipinski definition) is 2. The Labute approximate surface area is 113 Å². The highest BCUT2D eigenvalue weighted by Crippen LogP contribution is 2.34. The molecule has 3 amide bonds. The topological polar surface area (TPSA) is 92.5 Å². The highest BCUT2D eigenvalue weighted by atomic mass is 32.1. The van der Waals surface area contributed by atoms with E-state index < -0.39 is 6.04 Å². The fraction of sp³-hybridized carbons (Fsp3) is 0.417. The first kappa shape index (κ1) is 12.2. The summed E-state index contributed by atoms with van der Waals surface area (Å²) in [4.78, 5) is 37.0. The maximum Gasteiger partial charge on any atom is 0.256 e. The zero-order valence-electron chi connectivity index (χ0n) is 10.1. The smallest absolute Gasteiger partial charge is 0.256 e. The molecule has 2 aliphatic rings. The molecule has 0 aliphatic carbocycles. The number of amides is 3. The average Bonchev–Trinajstić information content (AvgIpc) is 2.81. The highest BCUT2D eigenvalue weighted by Gasteiger charge is 2.39. The number of thiophene rings is 1. The third-order valence-corrected chi connectivity index (χ3v) is 4.42. The van der Waals surface area contributed by atoms with Crippen molar-refractivity contribution >= 4 is 34.1 Å². The Hall–Kier alpha value is -1.89. The third kappa shape index (κ3) is 1.90. The molecule has 19 heavy (non-hydrogen) atoms. The van der Waals surface area contributed by atoms with Crippen molar-refractivity contribution in [3.63, 3.8) is 0 Å². The molecule has 2 aliphatic heterocycles. The lowest BCUT2D eigenvalue weighted by atomic mass is 10.1. The van der Waals surface area contributed by atoms with Crippen LogP contribution in [0.25, 0.3) is 0 Å². The fourth-order valence-electron chi connectivity index (χ4n) is 2.56. The van der Waals surface area contributed by atoms with E-state index in [2.05, 4.69) is 5.32 Å². The molecule has 0 saturated carbocycles. The van der Waals surface area contributed by atoms with Crippen molar-refractivity contribution in [1.82, 2.24) is 10.2 Å². The van der Waals surface area contributed by atoms with E-state index in [1.165, 1.54) is 16.2 Å². The molecule has 0 radical (unpaired) electrons. The zero-order chi connectivity index (χ0) is 13.6. The van der Waals surface area contributed by atoms with Gasteiger partial charge in [0, 0.05) is 17.4 Å². The van der Waals surface area contributed by atoms with Gasteiger partial charge in [-0.05, 0) is 12.8 Å². The Kier molecular flexibility index (Phi) is 2.78. The van der Waals surface area contributed by atoms with Gasteiger partial charge in [0.05, 0.1) is 17.1 Å². The number of nitrogens with one attached hydrogen (secondary N) is 1. The monoisotopic (exact) mass is 279 g/mol. The number of carbonyl (C=O) groups excluding carboxylic acids is 3. The average molecular weight is 279 g/mol. The minimum absolute atomic E-state index is 0.169. The van der Waals surface area contributed by atoms with Gasteiger partial charge in [-0.2, -0.15) is 0 Å². The molecule has 3 N–H and O–H groups in total. The van der Waals surface area contributed by atoms with Gasteiger partial charge < -0.3 is 10.6 Å². The van der Waals surface area contributed by atoms with Crippen LogP contribution >= 0.6 is 11.3 Å². The number of carbonyl (C=O) groups is 3. The van der Waals surface area contributed by atoms with Crippen LogP contribution in [0, 0.1) is 0 Å². The number of imide groups is 1. The van der Waals surface area contributed by atoms with E-state index in [0.29, 0.717) is 36.4 Å². The van der Waals surface area contributed by atoms with E-state index in [1.807, 2.05) is 0 Å². The van der Waals surface area contributed by atoms with Gasteiger partial charge in [0.25, 0.3) is 5.91 Å². The fourth-order valence-corrected chi connectivity index (χ4v) is 3.36. The molecular weight excluding hydrogens is 266 g/mol. The Morgan fingerprint density at radius 3 is 2.89 bits per heavy atom. The Morgan fingerprint density at radius 2 is 2.16 bits per heavy atom. The molecule has 0 bridgehead atoms. The summed E-state index contributed by atoms with van der Waals surface area (Å²) in [6, 6.07) is -0.573. The van der Waals surface area contributed by atoms with Crippen LogP contribution in [-0.2, 0) is 16.1 Å². The van der Waals surface area contributed by atoms with Crippen LogP contribution < -0.4 is 11.1 Å². The molecule has 1 atom stereocenters. The maximum absolute atomic E-state index is 12.3. The van der Waals surface area contributed by atoms with Crippen LogP contribution in [0.3, 0.4) is 0 Å². The van der Waals surface area contributed by atoms with Crippen LogP contribution in [0.2, 0.25) is 0 Å². The van der Waals surface area contributed by atoms with Gasteiger partial charge in [-0.1, -0.05) is 0 Å². The summed E-state index contributed by atoms with van der Waals surface area (Å²) >= 11 is 1.34. The molecule has 0 unspecified atom stereocenters.